The summed E-state index contributed by atoms with van der Waals surface area (Å²) in [6, 6.07) is 18.0. The lowest BCUT2D eigenvalue weighted by Gasteiger charge is -2.29. The molecule has 1 amide bonds. The molecule has 27 heavy (non-hydrogen) atoms. The molecule has 1 heterocycles. The third-order valence-electron chi connectivity index (χ3n) is 4.59. The summed E-state index contributed by atoms with van der Waals surface area (Å²) in [6.45, 7) is 4.15. The molecule has 142 valence electrons. The Morgan fingerprint density at radius 1 is 1.04 bits per heavy atom. The molecule has 1 fully saturated rings. The SMILES string of the molecule is CCc1ccc(NC(=O)CSC(=Nc2ccccc2)N2CCCCC2)cc1. The maximum Gasteiger partial charge on any atom is 0.234 e. The van der Waals surface area contributed by atoms with Gasteiger partial charge in [-0.1, -0.05) is 49.0 Å². The number of aryl methyl sites for hydroxylation is 1. The molecule has 0 atom stereocenters. The largest absolute Gasteiger partial charge is 0.351 e. The molecule has 3 rings (SSSR count). The number of likely N-dealkylation sites (tertiary alicyclic amines) is 1. The Labute approximate surface area is 166 Å². The highest BCUT2D eigenvalue weighted by Crippen LogP contribution is 2.21. The minimum atomic E-state index is 0.00187. The predicted octanol–water partition coefficient (Wildman–Crippen LogP) is 5.09. The number of hydrogen-bond acceptors (Lipinski definition) is 3. The first-order valence-electron chi connectivity index (χ1n) is 9.65. The van der Waals surface area contributed by atoms with Crippen LogP contribution in [0.1, 0.15) is 31.7 Å². The Balaban J connectivity index is 1.62. The quantitative estimate of drug-likeness (QED) is 0.579. The summed E-state index contributed by atoms with van der Waals surface area (Å²) in [7, 11) is 0. The summed E-state index contributed by atoms with van der Waals surface area (Å²) >= 11 is 1.52. The molecule has 4 nitrogen and oxygen atoms in total. The average molecular weight is 382 g/mol. The number of rotatable bonds is 5. The normalized spacial score (nSPS) is 14.9. The van der Waals surface area contributed by atoms with Gasteiger partial charge in [-0.3, -0.25) is 4.79 Å². The van der Waals surface area contributed by atoms with Crippen LogP contribution in [0.3, 0.4) is 0 Å². The van der Waals surface area contributed by atoms with Crippen molar-refractivity contribution in [3.05, 3.63) is 60.2 Å². The molecule has 1 saturated heterocycles. The van der Waals surface area contributed by atoms with E-state index < -0.39 is 0 Å². The third kappa shape index (κ3) is 6.14. The molecule has 2 aromatic carbocycles. The molecule has 5 heteroatoms. The molecule has 0 saturated carbocycles. The van der Waals surface area contributed by atoms with E-state index in [1.165, 1.54) is 36.6 Å². The molecule has 1 aliphatic heterocycles. The molecule has 2 aromatic rings. The topological polar surface area (TPSA) is 44.7 Å². The van der Waals surface area contributed by atoms with Crippen LogP contribution in [-0.2, 0) is 11.2 Å². The monoisotopic (exact) mass is 381 g/mol. The van der Waals surface area contributed by atoms with Gasteiger partial charge in [0.25, 0.3) is 0 Å². The number of aliphatic imine (C=N–C) groups is 1. The van der Waals surface area contributed by atoms with Crippen LogP contribution in [0.25, 0.3) is 0 Å². The van der Waals surface area contributed by atoms with Crippen LogP contribution in [0, 0.1) is 0 Å². The van der Waals surface area contributed by atoms with E-state index in [-0.39, 0.29) is 5.91 Å². The van der Waals surface area contributed by atoms with Gasteiger partial charge in [-0.25, -0.2) is 4.99 Å². The minimum Gasteiger partial charge on any atom is -0.351 e. The Hall–Kier alpha value is -2.27. The van der Waals surface area contributed by atoms with Gasteiger partial charge in [-0.2, -0.15) is 0 Å². The van der Waals surface area contributed by atoms with Gasteiger partial charge in [-0.15, -0.1) is 0 Å². The van der Waals surface area contributed by atoms with Crippen molar-refractivity contribution in [1.82, 2.24) is 4.90 Å². The lowest BCUT2D eigenvalue weighted by atomic mass is 10.1. The zero-order chi connectivity index (χ0) is 18.9. The number of carbonyl (C=O) groups excluding carboxylic acids is 1. The lowest BCUT2D eigenvalue weighted by molar-refractivity contribution is -0.113. The lowest BCUT2D eigenvalue weighted by Crippen LogP contribution is -2.34. The maximum absolute atomic E-state index is 12.4. The number of benzene rings is 2. The number of piperidine rings is 1. The van der Waals surface area contributed by atoms with Crippen LogP contribution in [0.15, 0.2) is 59.6 Å². The van der Waals surface area contributed by atoms with E-state index in [0.717, 1.165) is 36.1 Å². The van der Waals surface area contributed by atoms with Crippen LogP contribution in [0.5, 0.6) is 0 Å². The molecule has 0 radical (unpaired) electrons. The van der Waals surface area contributed by atoms with Crippen LogP contribution in [0.2, 0.25) is 0 Å². The summed E-state index contributed by atoms with van der Waals surface area (Å²) < 4.78 is 0. The van der Waals surface area contributed by atoms with Crippen molar-refractivity contribution in [1.29, 1.82) is 0 Å². The first-order valence-corrected chi connectivity index (χ1v) is 10.6. The van der Waals surface area contributed by atoms with Crippen LogP contribution < -0.4 is 5.32 Å². The zero-order valence-electron chi connectivity index (χ0n) is 15.9. The van der Waals surface area contributed by atoms with E-state index >= 15 is 0 Å². The van der Waals surface area contributed by atoms with Crippen LogP contribution in [-0.4, -0.2) is 34.8 Å². The van der Waals surface area contributed by atoms with Crippen molar-refractivity contribution < 1.29 is 4.79 Å². The van der Waals surface area contributed by atoms with E-state index in [1.807, 2.05) is 42.5 Å². The average Bonchev–Trinajstić information content (AvgIpc) is 2.73. The smallest absolute Gasteiger partial charge is 0.234 e. The van der Waals surface area contributed by atoms with E-state index in [0.29, 0.717) is 5.75 Å². The highest BCUT2D eigenvalue weighted by molar-refractivity contribution is 8.14. The Kier molecular flexibility index (Phi) is 7.34. The zero-order valence-corrected chi connectivity index (χ0v) is 16.7. The number of amides is 1. The standard InChI is InChI=1S/C22H27N3OS/c1-2-18-11-13-20(14-12-18)23-21(26)17-27-22(25-15-7-4-8-16-25)24-19-9-5-3-6-10-19/h3,5-6,9-14H,2,4,7-8,15-17H2,1H3,(H,23,26). The van der Waals surface area contributed by atoms with Crippen molar-refractivity contribution in [2.45, 2.75) is 32.6 Å². The van der Waals surface area contributed by atoms with E-state index in [4.69, 9.17) is 4.99 Å². The first kappa shape index (κ1) is 19.5. The number of nitrogens with zero attached hydrogens (tertiary/aromatic N) is 2. The highest BCUT2D eigenvalue weighted by atomic mass is 32.2. The number of carbonyl (C=O) groups is 1. The van der Waals surface area contributed by atoms with Gasteiger partial charge in [0.15, 0.2) is 5.17 Å². The summed E-state index contributed by atoms with van der Waals surface area (Å²) in [4.78, 5) is 19.5. The molecule has 0 aliphatic carbocycles. The number of nitrogens with one attached hydrogen (secondary N) is 1. The second-order valence-electron chi connectivity index (χ2n) is 6.66. The van der Waals surface area contributed by atoms with Gasteiger partial charge in [0, 0.05) is 18.8 Å². The van der Waals surface area contributed by atoms with Crippen LogP contribution in [0.4, 0.5) is 11.4 Å². The van der Waals surface area contributed by atoms with Crippen molar-refractivity contribution in [2.24, 2.45) is 4.99 Å². The summed E-state index contributed by atoms with van der Waals surface area (Å²) in [5, 5.41) is 3.92. The molecule has 1 aliphatic rings. The number of amidine groups is 1. The molecule has 0 unspecified atom stereocenters. The van der Waals surface area contributed by atoms with E-state index in [1.54, 1.807) is 0 Å². The molecular weight excluding hydrogens is 354 g/mol. The first-order chi connectivity index (χ1) is 13.2. The van der Waals surface area contributed by atoms with Gasteiger partial charge in [-0.05, 0) is 55.5 Å². The fourth-order valence-corrected chi connectivity index (χ4v) is 3.91. The fourth-order valence-electron chi connectivity index (χ4n) is 3.04. The van der Waals surface area contributed by atoms with E-state index in [2.05, 4.69) is 29.3 Å². The van der Waals surface area contributed by atoms with Crippen molar-refractivity contribution in [3.8, 4) is 0 Å². The van der Waals surface area contributed by atoms with Gasteiger partial charge in [0.1, 0.15) is 0 Å². The van der Waals surface area contributed by atoms with Gasteiger partial charge in [0.05, 0.1) is 11.4 Å². The maximum atomic E-state index is 12.4. The van der Waals surface area contributed by atoms with Crippen molar-refractivity contribution >= 4 is 34.2 Å². The summed E-state index contributed by atoms with van der Waals surface area (Å²) in [6.07, 6.45) is 4.64. The Morgan fingerprint density at radius 3 is 2.41 bits per heavy atom. The van der Waals surface area contributed by atoms with E-state index in [9.17, 15) is 4.79 Å². The third-order valence-corrected chi connectivity index (χ3v) is 5.60. The summed E-state index contributed by atoms with van der Waals surface area (Å²) in [5.74, 6) is 0.361. The summed E-state index contributed by atoms with van der Waals surface area (Å²) in [5.41, 5.74) is 3.04. The minimum absolute atomic E-state index is 0.00187. The fraction of sp³-hybridized carbons (Fsp3) is 0.364. The second kappa shape index (κ2) is 10.2. The second-order valence-corrected chi connectivity index (χ2v) is 7.61. The molecular formula is C22H27N3OS. The molecule has 0 spiro atoms. The van der Waals surface area contributed by atoms with Gasteiger partial charge < -0.3 is 10.2 Å². The molecule has 1 N–H and O–H groups in total. The molecule has 0 bridgehead atoms. The van der Waals surface area contributed by atoms with Gasteiger partial charge in [0.2, 0.25) is 5.91 Å². The number of hydrogen-bond donors (Lipinski definition) is 1. The van der Waals surface area contributed by atoms with Crippen LogP contribution >= 0.6 is 11.8 Å². The number of thioether (sulfide) groups is 1. The molecule has 0 aromatic heterocycles. The van der Waals surface area contributed by atoms with Gasteiger partial charge >= 0.3 is 0 Å². The number of anilines is 1. The highest BCUT2D eigenvalue weighted by Gasteiger charge is 2.17. The predicted molar refractivity (Wildman–Crippen MR) is 116 cm³/mol. The number of para-hydroxylation sites is 1. The Morgan fingerprint density at radius 2 is 1.74 bits per heavy atom. The van der Waals surface area contributed by atoms with Crippen molar-refractivity contribution in [2.75, 3.05) is 24.2 Å². The van der Waals surface area contributed by atoms with Crippen molar-refractivity contribution in [3.63, 3.8) is 0 Å². The Bertz CT molecular complexity index is 753.